The molecule has 0 aliphatic heterocycles. The van der Waals surface area contributed by atoms with Crippen molar-refractivity contribution in [1.29, 1.82) is 0 Å². The summed E-state index contributed by atoms with van der Waals surface area (Å²) in [6.07, 6.45) is 1.93. The van der Waals surface area contributed by atoms with Gasteiger partial charge < -0.3 is 9.47 Å². The van der Waals surface area contributed by atoms with Crippen molar-refractivity contribution >= 4 is 32.9 Å². The van der Waals surface area contributed by atoms with E-state index in [0.717, 1.165) is 52.8 Å². The summed E-state index contributed by atoms with van der Waals surface area (Å²) in [6.45, 7) is 6.12. The van der Waals surface area contributed by atoms with Crippen molar-refractivity contribution in [2.45, 2.75) is 33.2 Å². The molecule has 1 aromatic heterocycles. The van der Waals surface area contributed by atoms with Gasteiger partial charge in [0.2, 0.25) is 5.91 Å². The smallest absolute Gasteiger partial charge is 0.242 e. The molecular weight excluding hydrogens is 390 g/mol. The van der Waals surface area contributed by atoms with Crippen LogP contribution in [0, 0.1) is 0 Å². The molecule has 3 rings (SSSR count). The third kappa shape index (κ3) is 3.98. The molecule has 0 saturated carbocycles. The molecule has 0 unspecified atom stereocenters. The maximum absolute atomic E-state index is 13.0. The van der Waals surface area contributed by atoms with E-state index in [1.807, 2.05) is 58.0 Å². The first kappa shape index (κ1) is 18.6. The summed E-state index contributed by atoms with van der Waals surface area (Å²) < 4.78 is 3.04. The van der Waals surface area contributed by atoms with E-state index in [2.05, 4.69) is 29.8 Å². The summed E-state index contributed by atoms with van der Waals surface area (Å²) in [5.74, 6) is 0.974. The van der Waals surface area contributed by atoms with Crippen LogP contribution in [0.4, 0.5) is 0 Å². The van der Waals surface area contributed by atoms with Gasteiger partial charge in [-0.2, -0.15) is 0 Å². The Morgan fingerprint density at radius 2 is 1.81 bits per heavy atom. The second kappa shape index (κ2) is 8.49. The van der Waals surface area contributed by atoms with Crippen LogP contribution >= 0.6 is 15.9 Å². The lowest BCUT2D eigenvalue weighted by Crippen LogP contribution is -2.35. The molecule has 0 spiro atoms. The maximum atomic E-state index is 13.0. The van der Waals surface area contributed by atoms with Crippen molar-refractivity contribution in [3.8, 4) is 11.4 Å². The van der Waals surface area contributed by atoms with Crippen LogP contribution < -0.4 is 0 Å². The third-order valence-electron chi connectivity index (χ3n) is 4.37. The van der Waals surface area contributed by atoms with E-state index in [4.69, 9.17) is 4.98 Å². The Morgan fingerprint density at radius 3 is 2.50 bits per heavy atom. The summed E-state index contributed by atoms with van der Waals surface area (Å²) in [6, 6.07) is 16.0. The number of hydrogen-bond acceptors (Lipinski definition) is 2. The number of hydrogen-bond donors (Lipinski definition) is 0. The minimum atomic E-state index is 0.146. The first-order valence-electron chi connectivity index (χ1n) is 9.13. The van der Waals surface area contributed by atoms with Crippen LogP contribution in [0.25, 0.3) is 22.4 Å². The van der Waals surface area contributed by atoms with Gasteiger partial charge in [0.15, 0.2) is 0 Å². The van der Waals surface area contributed by atoms with Crippen LogP contribution in [0.3, 0.4) is 0 Å². The highest BCUT2D eigenvalue weighted by Gasteiger charge is 2.18. The number of fused-ring (bicyclic) bond motifs is 1. The largest absolute Gasteiger partial charge is 0.341 e. The number of carbonyl (C=O) groups excluding carboxylic acids is 1. The predicted molar refractivity (Wildman–Crippen MR) is 110 cm³/mol. The van der Waals surface area contributed by atoms with Gasteiger partial charge in [-0.15, -0.1) is 0 Å². The highest BCUT2D eigenvalue weighted by Crippen LogP contribution is 2.27. The summed E-state index contributed by atoms with van der Waals surface area (Å²) in [4.78, 5) is 19.7. The zero-order valence-electron chi connectivity index (χ0n) is 15.3. The molecule has 26 heavy (non-hydrogen) atoms. The molecular formula is C21H24BrN3O. The Kier molecular flexibility index (Phi) is 6.09. The Bertz CT molecular complexity index is 897. The van der Waals surface area contributed by atoms with E-state index in [1.54, 1.807) is 0 Å². The molecule has 0 bridgehead atoms. The first-order valence-corrected chi connectivity index (χ1v) is 9.92. The van der Waals surface area contributed by atoms with Crippen molar-refractivity contribution < 1.29 is 4.79 Å². The van der Waals surface area contributed by atoms with Crippen molar-refractivity contribution in [2.75, 3.05) is 13.1 Å². The van der Waals surface area contributed by atoms with Crippen molar-refractivity contribution in [1.82, 2.24) is 14.5 Å². The molecule has 0 aliphatic rings. The average molecular weight is 414 g/mol. The second-order valence-electron chi connectivity index (χ2n) is 6.40. The fourth-order valence-electron chi connectivity index (χ4n) is 3.22. The van der Waals surface area contributed by atoms with Crippen molar-refractivity contribution in [2.24, 2.45) is 0 Å². The van der Waals surface area contributed by atoms with Gasteiger partial charge in [-0.1, -0.05) is 54.0 Å². The monoisotopic (exact) mass is 413 g/mol. The van der Waals surface area contributed by atoms with E-state index in [9.17, 15) is 4.79 Å². The minimum Gasteiger partial charge on any atom is -0.341 e. The number of para-hydroxylation sites is 2. The van der Waals surface area contributed by atoms with Gasteiger partial charge in [0.25, 0.3) is 0 Å². The van der Waals surface area contributed by atoms with E-state index >= 15 is 0 Å². The molecule has 3 aromatic rings. The summed E-state index contributed by atoms with van der Waals surface area (Å²) in [5.41, 5.74) is 2.90. The number of aromatic nitrogens is 2. The number of imidazole rings is 1. The van der Waals surface area contributed by atoms with Gasteiger partial charge in [-0.3, -0.25) is 4.79 Å². The molecule has 0 atom stereocenters. The van der Waals surface area contributed by atoms with E-state index in [1.165, 1.54) is 0 Å². The quantitative estimate of drug-likeness (QED) is 0.539. The van der Waals surface area contributed by atoms with Gasteiger partial charge in [-0.25, -0.2) is 4.98 Å². The molecule has 1 heterocycles. The SMILES string of the molecule is CCCN(CCC)C(=O)Cn1c(-c2cccc(Br)c2)nc2ccccc21. The lowest BCUT2D eigenvalue weighted by atomic mass is 10.2. The van der Waals surface area contributed by atoms with E-state index in [0.29, 0.717) is 6.54 Å². The fourth-order valence-corrected chi connectivity index (χ4v) is 3.62. The van der Waals surface area contributed by atoms with Gasteiger partial charge in [0.05, 0.1) is 11.0 Å². The number of benzene rings is 2. The topological polar surface area (TPSA) is 38.1 Å². The molecule has 136 valence electrons. The minimum absolute atomic E-state index is 0.146. The highest BCUT2D eigenvalue weighted by atomic mass is 79.9. The van der Waals surface area contributed by atoms with Gasteiger partial charge in [-0.05, 0) is 37.1 Å². The Labute approximate surface area is 163 Å². The molecule has 0 aliphatic carbocycles. The number of rotatable bonds is 7. The summed E-state index contributed by atoms with van der Waals surface area (Å²) in [7, 11) is 0. The number of nitrogens with zero attached hydrogens (tertiary/aromatic N) is 3. The number of amides is 1. The standard InChI is InChI=1S/C21H24BrN3O/c1-3-12-24(13-4-2)20(26)15-25-19-11-6-5-10-18(19)23-21(25)16-8-7-9-17(22)14-16/h5-11,14H,3-4,12-13,15H2,1-2H3. The Morgan fingerprint density at radius 1 is 1.08 bits per heavy atom. The average Bonchev–Trinajstić information content (AvgIpc) is 3.00. The van der Waals surface area contributed by atoms with Crippen molar-refractivity contribution in [3.05, 3.63) is 53.0 Å². The highest BCUT2D eigenvalue weighted by molar-refractivity contribution is 9.10. The zero-order valence-corrected chi connectivity index (χ0v) is 16.9. The zero-order chi connectivity index (χ0) is 18.5. The fraction of sp³-hybridized carbons (Fsp3) is 0.333. The van der Waals surface area contributed by atoms with Crippen LogP contribution in [0.2, 0.25) is 0 Å². The van der Waals surface area contributed by atoms with E-state index < -0.39 is 0 Å². The first-order chi connectivity index (χ1) is 12.6. The Balaban J connectivity index is 2.03. The van der Waals surface area contributed by atoms with Crippen LogP contribution in [0.1, 0.15) is 26.7 Å². The van der Waals surface area contributed by atoms with Crippen molar-refractivity contribution in [3.63, 3.8) is 0 Å². The molecule has 0 radical (unpaired) electrons. The van der Waals surface area contributed by atoms with Gasteiger partial charge in [0.1, 0.15) is 12.4 Å². The molecule has 1 amide bonds. The normalized spacial score (nSPS) is 11.0. The summed E-state index contributed by atoms with van der Waals surface area (Å²) in [5, 5.41) is 0. The Hall–Kier alpha value is -2.14. The van der Waals surface area contributed by atoms with Crippen LogP contribution in [-0.2, 0) is 11.3 Å². The van der Waals surface area contributed by atoms with Crippen LogP contribution in [-0.4, -0.2) is 33.4 Å². The lowest BCUT2D eigenvalue weighted by Gasteiger charge is -2.22. The maximum Gasteiger partial charge on any atom is 0.242 e. The molecule has 4 nitrogen and oxygen atoms in total. The van der Waals surface area contributed by atoms with Gasteiger partial charge >= 0.3 is 0 Å². The number of halogens is 1. The molecule has 0 saturated heterocycles. The second-order valence-corrected chi connectivity index (χ2v) is 7.32. The molecule has 2 aromatic carbocycles. The molecule has 0 N–H and O–H groups in total. The van der Waals surface area contributed by atoms with Crippen LogP contribution in [0.5, 0.6) is 0 Å². The summed E-state index contributed by atoms with van der Waals surface area (Å²) >= 11 is 3.53. The van der Waals surface area contributed by atoms with E-state index in [-0.39, 0.29) is 5.91 Å². The molecule has 0 fully saturated rings. The number of carbonyl (C=O) groups is 1. The third-order valence-corrected chi connectivity index (χ3v) is 4.86. The molecule has 5 heteroatoms. The lowest BCUT2D eigenvalue weighted by molar-refractivity contribution is -0.131. The van der Waals surface area contributed by atoms with Crippen LogP contribution in [0.15, 0.2) is 53.0 Å². The predicted octanol–water partition coefficient (Wildman–Crippen LogP) is 5.11. The van der Waals surface area contributed by atoms with Gasteiger partial charge in [0, 0.05) is 23.1 Å².